The van der Waals surface area contributed by atoms with E-state index in [2.05, 4.69) is 0 Å². The van der Waals surface area contributed by atoms with Gasteiger partial charge in [-0.05, 0) is 0 Å². The predicted molar refractivity (Wildman–Crippen MR) is 117 cm³/mol. The average Bonchev–Trinajstić information content (AvgIpc) is 2.79. The topological polar surface area (TPSA) is 130 Å². The van der Waals surface area contributed by atoms with Gasteiger partial charge in [0, 0.05) is 0 Å². The molecule has 2 N–H and O–H groups in total. The molecule has 0 aliphatic carbocycles. The summed E-state index contributed by atoms with van der Waals surface area (Å²) in [6.07, 6.45) is 0. The van der Waals surface area contributed by atoms with Crippen LogP contribution in [0.4, 0.5) is 0 Å². The third-order valence-electron chi connectivity index (χ3n) is 4.24. The molecule has 0 bridgehead atoms. The number of rotatable bonds is 11. The van der Waals surface area contributed by atoms with Gasteiger partial charge in [-0.3, -0.25) is 0 Å². The van der Waals surface area contributed by atoms with E-state index >= 15 is 0 Å². The van der Waals surface area contributed by atoms with Crippen molar-refractivity contribution in [2.24, 2.45) is 0 Å². The van der Waals surface area contributed by atoms with Gasteiger partial charge in [0.2, 0.25) is 0 Å². The minimum atomic E-state index is -1.17. The second kappa shape index (κ2) is 11.2. The molecule has 2 rings (SSSR count). The first-order valence-electron chi connectivity index (χ1n) is 8.76. The Morgan fingerprint density at radius 1 is 0.594 bits per heavy atom. The molecule has 12 heteroatoms. The maximum absolute atomic E-state index is 12.0. The van der Waals surface area contributed by atoms with Crippen molar-refractivity contribution in [2.45, 2.75) is 0 Å². The van der Waals surface area contributed by atoms with Crippen LogP contribution in [-0.4, -0.2) is 91.1 Å². The molecule has 0 unspecified atom stereocenters. The maximum atomic E-state index is 12.0. The number of methoxy groups -OCH3 is 6. The van der Waals surface area contributed by atoms with Gasteiger partial charge in [-0.15, -0.1) is 0 Å². The Labute approximate surface area is 195 Å². The fourth-order valence-electron chi connectivity index (χ4n) is 2.83. The Balaban J connectivity index is 2.70. The van der Waals surface area contributed by atoms with Gasteiger partial charge in [-0.1, -0.05) is 0 Å². The first kappa shape index (κ1) is 25.5. The SMILES string of the molecule is COc1cc(C(=O)O)c([Se][Se]c2c(C(=O)O)cc(OC)c(OC)c2OC)c(OC)c1OC. The first-order chi connectivity index (χ1) is 15.3. The van der Waals surface area contributed by atoms with E-state index in [-0.39, 0.29) is 45.6 Å². The Morgan fingerprint density at radius 2 is 0.906 bits per heavy atom. The van der Waals surface area contributed by atoms with Crippen molar-refractivity contribution < 1.29 is 48.2 Å². The summed E-state index contributed by atoms with van der Waals surface area (Å²) in [6, 6.07) is 2.72. The van der Waals surface area contributed by atoms with Crippen LogP contribution in [0.5, 0.6) is 34.5 Å². The fraction of sp³-hybridized carbons (Fsp3) is 0.300. The molecule has 0 saturated carbocycles. The molecule has 0 radical (unpaired) electrons. The normalized spacial score (nSPS) is 10.3. The van der Waals surface area contributed by atoms with Gasteiger partial charge >= 0.3 is 196 Å². The van der Waals surface area contributed by atoms with E-state index in [0.29, 0.717) is 8.92 Å². The predicted octanol–water partition coefficient (Wildman–Crippen LogP) is 0.409. The standard InChI is InChI=1S/C20H22O10Se2/c1-25-11-7-9(19(21)22)17(15(29-5)13(11)27-3)31-32-18-10(20(23)24)8-12(26-2)14(28-4)16(18)30-6/h7-8H,1-6H3,(H,21,22)(H,23,24). The van der Waals surface area contributed by atoms with Gasteiger partial charge in [0.25, 0.3) is 0 Å². The van der Waals surface area contributed by atoms with E-state index in [1.165, 1.54) is 54.8 Å². The molecule has 0 atom stereocenters. The number of carboxylic acid groups (broad SMARTS) is 2. The molecule has 174 valence electrons. The molecule has 0 aliphatic rings. The molecule has 0 saturated heterocycles. The van der Waals surface area contributed by atoms with Gasteiger partial charge < -0.3 is 0 Å². The van der Waals surface area contributed by atoms with Gasteiger partial charge in [-0.25, -0.2) is 0 Å². The average molecular weight is 580 g/mol. The zero-order valence-electron chi connectivity index (χ0n) is 18.1. The molecule has 0 aliphatic heterocycles. The van der Waals surface area contributed by atoms with Gasteiger partial charge in [0.15, 0.2) is 0 Å². The van der Waals surface area contributed by atoms with Crippen molar-refractivity contribution >= 4 is 47.1 Å². The second-order valence-electron chi connectivity index (χ2n) is 5.82. The second-order valence-corrected chi connectivity index (χ2v) is 11.9. The molecule has 0 heterocycles. The van der Waals surface area contributed by atoms with E-state index < -0.39 is 38.2 Å². The summed E-state index contributed by atoms with van der Waals surface area (Å²) >= 11 is -1.11. The molecule has 10 nitrogen and oxygen atoms in total. The van der Waals surface area contributed by atoms with Crippen molar-refractivity contribution in [3.8, 4) is 34.5 Å². The van der Waals surface area contributed by atoms with Gasteiger partial charge in [0.1, 0.15) is 0 Å². The number of ether oxygens (including phenoxy) is 6. The first-order valence-corrected chi connectivity index (χ1v) is 14.8. The fourth-order valence-corrected chi connectivity index (χ4v) is 10.6. The summed E-state index contributed by atoms with van der Waals surface area (Å²) in [5.74, 6) is -0.961. The summed E-state index contributed by atoms with van der Waals surface area (Å²) in [6.45, 7) is 0. The number of carbonyl (C=O) groups is 2. The Hall–Kier alpha value is -2.78. The van der Waals surface area contributed by atoms with Crippen molar-refractivity contribution in [1.82, 2.24) is 0 Å². The number of benzene rings is 2. The molecular formula is C20H22O10Se2. The van der Waals surface area contributed by atoms with Gasteiger partial charge in [-0.2, -0.15) is 0 Å². The van der Waals surface area contributed by atoms with Crippen LogP contribution in [0, 0.1) is 0 Å². The molecule has 0 amide bonds. The third kappa shape index (κ3) is 4.83. The molecule has 2 aromatic rings. The van der Waals surface area contributed by atoms with E-state index in [1.54, 1.807) is 0 Å². The van der Waals surface area contributed by atoms with E-state index in [9.17, 15) is 19.8 Å². The molecule has 0 spiro atoms. The van der Waals surface area contributed by atoms with Crippen LogP contribution in [0.3, 0.4) is 0 Å². The zero-order chi connectivity index (χ0) is 24.0. The van der Waals surface area contributed by atoms with E-state index in [0.717, 1.165) is 0 Å². The van der Waals surface area contributed by atoms with Crippen molar-refractivity contribution in [2.75, 3.05) is 42.7 Å². The van der Waals surface area contributed by atoms with E-state index in [4.69, 9.17) is 28.4 Å². The van der Waals surface area contributed by atoms with Crippen LogP contribution in [0.15, 0.2) is 12.1 Å². The summed E-state index contributed by atoms with van der Waals surface area (Å²) in [5, 5.41) is 19.5. The zero-order valence-corrected chi connectivity index (χ0v) is 21.6. The van der Waals surface area contributed by atoms with Crippen molar-refractivity contribution in [1.29, 1.82) is 0 Å². The summed E-state index contributed by atoms with van der Waals surface area (Å²) in [7, 11) is 8.42. The van der Waals surface area contributed by atoms with Crippen LogP contribution in [0.25, 0.3) is 0 Å². The Morgan fingerprint density at radius 3 is 1.12 bits per heavy atom. The number of hydrogen-bond acceptors (Lipinski definition) is 8. The molecule has 2 aromatic carbocycles. The molecule has 0 fully saturated rings. The van der Waals surface area contributed by atoms with Crippen LogP contribution < -0.4 is 37.3 Å². The van der Waals surface area contributed by atoms with Gasteiger partial charge in [0.05, 0.1) is 0 Å². The van der Waals surface area contributed by atoms with Crippen LogP contribution in [0.1, 0.15) is 20.7 Å². The van der Waals surface area contributed by atoms with Crippen molar-refractivity contribution in [3.05, 3.63) is 23.3 Å². The minimum absolute atomic E-state index is 0.0160. The Kier molecular flexibility index (Phi) is 8.91. The number of aromatic carboxylic acids is 2. The van der Waals surface area contributed by atoms with Crippen LogP contribution in [-0.2, 0) is 0 Å². The molecule has 32 heavy (non-hydrogen) atoms. The number of hydrogen-bond donors (Lipinski definition) is 2. The van der Waals surface area contributed by atoms with Crippen LogP contribution in [0.2, 0.25) is 0 Å². The third-order valence-corrected chi connectivity index (χ3v) is 11.4. The molecule has 0 aromatic heterocycles. The Bertz CT molecular complexity index is 941. The van der Waals surface area contributed by atoms with E-state index in [1.807, 2.05) is 0 Å². The summed E-state index contributed by atoms with van der Waals surface area (Å²) in [5.41, 5.74) is -0.0320. The summed E-state index contributed by atoms with van der Waals surface area (Å²) in [4.78, 5) is 23.9. The number of carboxylic acids is 2. The van der Waals surface area contributed by atoms with Crippen molar-refractivity contribution in [3.63, 3.8) is 0 Å². The quantitative estimate of drug-likeness (QED) is 0.361. The summed E-state index contributed by atoms with van der Waals surface area (Å²) < 4.78 is 33.0. The molecular weight excluding hydrogens is 558 g/mol. The van der Waals surface area contributed by atoms with Crippen LogP contribution >= 0.6 is 0 Å². The monoisotopic (exact) mass is 582 g/mol.